The number of carboxylic acids is 1. The van der Waals surface area contributed by atoms with Crippen LogP contribution in [0.25, 0.3) is 0 Å². The Morgan fingerprint density at radius 3 is 2.62 bits per heavy atom. The third-order valence-electron chi connectivity index (χ3n) is 3.45. The quantitative estimate of drug-likeness (QED) is 0.812. The number of pyridine rings is 1. The van der Waals surface area contributed by atoms with E-state index in [1.165, 1.54) is 6.92 Å². The molecule has 1 aromatic rings. The second kappa shape index (κ2) is 5.67. The van der Waals surface area contributed by atoms with Crippen molar-refractivity contribution in [2.75, 3.05) is 0 Å². The van der Waals surface area contributed by atoms with E-state index in [9.17, 15) is 15.2 Å². The molecule has 0 bridgehead atoms. The molecule has 1 aliphatic heterocycles. The largest absolute Gasteiger partial charge is 0.478 e. The second-order valence-electron chi connectivity index (χ2n) is 4.66. The Kier molecular flexibility index (Phi) is 3.94. The van der Waals surface area contributed by atoms with E-state index >= 15 is 0 Å². The number of carbonyl (C=O) groups is 1. The highest BCUT2D eigenvalue weighted by Crippen LogP contribution is 2.38. The summed E-state index contributed by atoms with van der Waals surface area (Å²) in [5, 5.41) is 18.7. The minimum Gasteiger partial charge on any atom is -0.478 e. The van der Waals surface area contributed by atoms with E-state index in [-0.39, 0.29) is 22.8 Å². The van der Waals surface area contributed by atoms with E-state index < -0.39 is 11.9 Å². The van der Waals surface area contributed by atoms with E-state index in [1.807, 2.05) is 30.0 Å². The third-order valence-corrected chi connectivity index (χ3v) is 3.45. The van der Waals surface area contributed by atoms with Gasteiger partial charge >= 0.3 is 5.97 Å². The molecule has 2 rings (SSSR count). The summed E-state index contributed by atoms with van der Waals surface area (Å²) in [4.78, 5) is 11.5. The molecule has 1 aromatic heterocycles. The third kappa shape index (κ3) is 2.58. The van der Waals surface area contributed by atoms with Crippen molar-refractivity contribution in [1.29, 1.82) is 5.26 Å². The van der Waals surface area contributed by atoms with Crippen LogP contribution >= 0.6 is 0 Å². The Bertz CT molecular complexity index is 681. The second-order valence-corrected chi connectivity index (χ2v) is 4.66. The maximum atomic E-state index is 11.5. The maximum Gasteiger partial charge on any atom is 0.336 e. The van der Waals surface area contributed by atoms with Gasteiger partial charge in [0.1, 0.15) is 23.9 Å². The highest BCUT2D eigenvalue weighted by atomic mass is 16.5. The molecule has 6 heteroatoms. The van der Waals surface area contributed by atoms with E-state index in [1.54, 1.807) is 12.1 Å². The van der Waals surface area contributed by atoms with Crippen LogP contribution in [0.1, 0.15) is 25.3 Å². The van der Waals surface area contributed by atoms with Crippen molar-refractivity contribution in [3.05, 3.63) is 52.9 Å². The number of hydrogen-bond acceptors (Lipinski definition) is 4. The summed E-state index contributed by atoms with van der Waals surface area (Å²) in [6.45, 7) is 4.34. The van der Waals surface area contributed by atoms with Crippen molar-refractivity contribution in [2.45, 2.75) is 26.3 Å². The van der Waals surface area contributed by atoms with E-state index in [0.717, 1.165) is 6.54 Å². The number of rotatable bonds is 3. The van der Waals surface area contributed by atoms with Gasteiger partial charge in [-0.15, -0.1) is 0 Å². The van der Waals surface area contributed by atoms with E-state index in [0.29, 0.717) is 5.56 Å². The number of aryl methyl sites for hydroxylation is 1. The predicted molar refractivity (Wildman–Crippen MR) is 73.3 cm³/mol. The fourth-order valence-corrected chi connectivity index (χ4v) is 2.36. The SMILES string of the molecule is CC[n+]1ccc(C2C(C#N)=C(N)OC(C)=C2C(=O)O)cc1. The Morgan fingerprint density at radius 2 is 2.14 bits per heavy atom. The maximum absolute atomic E-state index is 11.5. The van der Waals surface area contributed by atoms with Crippen LogP contribution in [0.5, 0.6) is 0 Å². The first-order valence-corrected chi connectivity index (χ1v) is 6.50. The lowest BCUT2D eigenvalue weighted by Crippen LogP contribution is -2.31. The smallest absolute Gasteiger partial charge is 0.336 e. The van der Waals surface area contributed by atoms with Crippen molar-refractivity contribution in [1.82, 2.24) is 0 Å². The van der Waals surface area contributed by atoms with Crippen LogP contribution in [0.2, 0.25) is 0 Å². The summed E-state index contributed by atoms with van der Waals surface area (Å²) in [6, 6.07) is 5.55. The lowest BCUT2D eigenvalue weighted by Gasteiger charge is -2.25. The number of hydrogen-bond donors (Lipinski definition) is 2. The summed E-state index contributed by atoms with van der Waals surface area (Å²) >= 11 is 0. The fraction of sp³-hybridized carbons (Fsp3) is 0.267. The molecule has 21 heavy (non-hydrogen) atoms. The molecule has 0 radical (unpaired) electrons. The van der Waals surface area contributed by atoms with Crippen LogP contribution in [0, 0.1) is 11.3 Å². The standard InChI is InChI=1S/C15H15N3O3/c1-3-18-6-4-10(5-7-18)13-11(8-16)14(17)21-9(2)12(13)15(19)20/h4-7,13H,3,17H2,1-2H3/p+1. The Labute approximate surface area is 122 Å². The van der Waals surface area contributed by atoms with Crippen molar-refractivity contribution in [2.24, 2.45) is 5.73 Å². The molecule has 0 spiro atoms. The Hall–Kier alpha value is -2.81. The average molecular weight is 286 g/mol. The minimum absolute atomic E-state index is 0.0370. The van der Waals surface area contributed by atoms with Crippen LogP contribution < -0.4 is 10.3 Å². The molecular formula is C15H16N3O3+. The number of nitrogens with zero attached hydrogens (tertiary/aromatic N) is 2. The molecular weight excluding hydrogens is 270 g/mol. The normalized spacial score (nSPS) is 18.2. The molecule has 1 aliphatic rings. The van der Waals surface area contributed by atoms with Crippen LogP contribution in [0.4, 0.5) is 0 Å². The molecule has 0 aromatic carbocycles. The molecule has 0 fully saturated rings. The summed E-state index contributed by atoms with van der Waals surface area (Å²) in [6.07, 6.45) is 3.68. The van der Waals surface area contributed by atoms with Gasteiger partial charge in [-0.2, -0.15) is 5.26 Å². The van der Waals surface area contributed by atoms with Crippen LogP contribution in [0.15, 0.2) is 47.3 Å². The van der Waals surface area contributed by atoms with Gasteiger partial charge in [0.2, 0.25) is 5.88 Å². The number of aromatic nitrogens is 1. The zero-order chi connectivity index (χ0) is 15.6. The van der Waals surface area contributed by atoms with Crippen LogP contribution in [-0.4, -0.2) is 11.1 Å². The first kappa shape index (κ1) is 14.6. The van der Waals surface area contributed by atoms with Gasteiger partial charge in [-0.25, -0.2) is 9.36 Å². The molecule has 108 valence electrons. The molecule has 3 N–H and O–H groups in total. The van der Waals surface area contributed by atoms with Gasteiger partial charge < -0.3 is 15.6 Å². The summed E-state index contributed by atoms with van der Waals surface area (Å²) in [5.41, 5.74) is 6.58. The highest BCUT2D eigenvalue weighted by molar-refractivity contribution is 5.90. The van der Waals surface area contributed by atoms with Gasteiger partial charge in [-0.3, -0.25) is 0 Å². The average Bonchev–Trinajstić information content (AvgIpc) is 2.46. The molecule has 6 nitrogen and oxygen atoms in total. The Morgan fingerprint density at radius 1 is 1.52 bits per heavy atom. The van der Waals surface area contributed by atoms with Crippen molar-refractivity contribution < 1.29 is 19.2 Å². The number of nitriles is 1. The van der Waals surface area contributed by atoms with Crippen molar-refractivity contribution in [3.8, 4) is 6.07 Å². The monoisotopic (exact) mass is 286 g/mol. The van der Waals surface area contributed by atoms with Crippen LogP contribution in [0.3, 0.4) is 0 Å². The summed E-state index contributed by atoms with van der Waals surface area (Å²) < 4.78 is 7.13. The summed E-state index contributed by atoms with van der Waals surface area (Å²) in [5.74, 6) is -1.67. The minimum atomic E-state index is -1.12. The molecule has 0 saturated carbocycles. The van der Waals surface area contributed by atoms with Gasteiger partial charge in [0, 0.05) is 12.1 Å². The molecule has 1 atom stereocenters. The lowest BCUT2D eigenvalue weighted by atomic mass is 9.83. The van der Waals surface area contributed by atoms with Gasteiger partial charge in [0.05, 0.1) is 11.5 Å². The number of nitrogens with two attached hydrogens (primary N) is 1. The molecule has 0 saturated heterocycles. The first-order valence-electron chi connectivity index (χ1n) is 6.50. The number of carboxylic acid groups (broad SMARTS) is 1. The van der Waals surface area contributed by atoms with Crippen molar-refractivity contribution in [3.63, 3.8) is 0 Å². The van der Waals surface area contributed by atoms with E-state index in [2.05, 4.69) is 0 Å². The first-order chi connectivity index (χ1) is 9.99. The van der Waals surface area contributed by atoms with Gasteiger partial charge in [0.25, 0.3) is 0 Å². The van der Waals surface area contributed by atoms with Crippen LogP contribution in [-0.2, 0) is 16.1 Å². The Balaban J connectivity index is 2.59. The van der Waals surface area contributed by atoms with Gasteiger partial charge in [-0.05, 0) is 19.4 Å². The molecule has 0 aliphatic carbocycles. The molecule has 1 unspecified atom stereocenters. The predicted octanol–water partition coefficient (Wildman–Crippen LogP) is 1.16. The number of aliphatic carboxylic acids is 1. The number of ether oxygens (including phenoxy) is 1. The van der Waals surface area contributed by atoms with Gasteiger partial charge in [-0.1, -0.05) is 0 Å². The summed E-state index contributed by atoms with van der Waals surface area (Å²) in [7, 11) is 0. The zero-order valence-corrected chi connectivity index (χ0v) is 11.8. The van der Waals surface area contributed by atoms with E-state index in [4.69, 9.17) is 10.5 Å². The zero-order valence-electron chi connectivity index (χ0n) is 11.8. The number of allylic oxidation sites excluding steroid dienone is 2. The highest BCUT2D eigenvalue weighted by Gasteiger charge is 2.35. The lowest BCUT2D eigenvalue weighted by molar-refractivity contribution is -0.693. The molecule has 0 amide bonds. The fourth-order valence-electron chi connectivity index (χ4n) is 2.36. The topological polar surface area (TPSA) is 100 Å². The van der Waals surface area contributed by atoms with Gasteiger partial charge in [0.15, 0.2) is 12.4 Å². The van der Waals surface area contributed by atoms with Crippen molar-refractivity contribution >= 4 is 5.97 Å². The molecule has 2 heterocycles.